The summed E-state index contributed by atoms with van der Waals surface area (Å²) >= 11 is 5.83. The molecule has 0 fully saturated rings. The molecule has 0 unspecified atom stereocenters. The lowest BCUT2D eigenvalue weighted by Gasteiger charge is -2.14. The van der Waals surface area contributed by atoms with Crippen LogP contribution in [0.5, 0.6) is 0 Å². The predicted octanol–water partition coefficient (Wildman–Crippen LogP) is 3.54. The van der Waals surface area contributed by atoms with Gasteiger partial charge in [-0.1, -0.05) is 23.7 Å². The minimum atomic E-state index is 0.485. The number of rotatable bonds is 3. The second kappa shape index (κ2) is 5.06. The summed E-state index contributed by atoms with van der Waals surface area (Å²) in [7, 11) is 4.02. The Hall–Kier alpha value is -1.74. The zero-order valence-electron chi connectivity index (χ0n) is 9.81. The molecule has 4 heteroatoms. The molecule has 0 spiro atoms. The van der Waals surface area contributed by atoms with Gasteiger partial charge in [0, 0.05) is 25.5 Å². The van der Waals surface area contributed by atoms with Crippen LogP contribution in [0.2, 0.25) is 5.15 Å². The summed E-state index contributed by atoms with van der Waals surface area (Å²) < 4.78 is 0. The highest BCUT2D eigenvalue weighted by Gasteiger charge is 1.99. The molecule has 88 valence electrons. The average molecular weight is 248 g/mol. The summed E-state index contributed by atoms with van der Waals surface area (Å²) in [5.41, 5.74) is 2.13. The topological polar surface area (TPSA) is 28.2 Å². The Morgan fingerprint density at radius 1 is 1.12 bits per heavy atom. The van der Waals surface area contributed by atoms with Crippen LogP contribution in [0, 0.1) is 0 Å². The van der Waals surface area contributed by atoms with E-state index in [1.54, 1.807) is 6.07 Å². The molecule has 0 atom stereocenters. The van der Waals surface area contributed by atoms with Crippen molar-refractivity contribution in [3.8, 4) is 0 Å². The summed E-state index contributed by atoms with van der Waals surface area (Å²) in [5.74, 6) is 0.744. The molecule has 0 aliphatic heterocycles. The summed E-state index contributed by atoms with van der Waals surface area (Å²) in [6, 6.07) is 13.6. The van der Waals surface area contributed by atoms with Gasteiger partial charge in [-0.15, -0.1) is 0 Å². The number of nitrogens with one attached hydrogen (secondary N) is 1. The number of pyridine rings is 1. The smallest absolute Gasteiger partial charge is 0.132 e. The molecule has 1 N–H and O–H groups in total. The van der Waals surface area contributed by atoms with Crippen molar-refractivity contribution in [3.63, 3.8) is 0 Å². The molecule has 0 saturated heterocycles. The van der Waals surface area contributed by atoms with Crippen molar-refractivity contribution in [2.24, 2.45) is 0 Å². The number of hydrogen-bond acceptors (Lipinski definition) is 3. The van der Waals surface area contributed by atoms with E-state index < -0.39 is 0 Å². The molecule has 1 aromatic carbocycles. The fraction of sp³-hybridized carbons (Fsp3) is 0.154. The number of hydrogen-bond donors (Lipinski definition) is 1. The van der Waals surface area contributed by atoms with Gasteiger partial charge in [0.2, 0.25) is 0 Å². The van der Waals surface area contributed by atoms with Gasteiger partial charge in [-0.25, -0.2) is 4.98 Å². The Morgan fingerprint density at radius 3 is 2.59 bits per heavy atom. The van der Waals surface area contributed by atoms with E-state index in [9.17, 15) is 0 Å². The van der Waals surface area contributed by atoms with Crippen LogP contribution in [-0.4, -0.2) is 19.1 Å². The van der Waals surface area contributed by atoms with E-state index in [-0.39, 0.29) is 0 Å². The quantitative estimate of drug-likeness (QED) is 0.841. The lowest BCUT2D eigenvalue weighted by Crippen LogP contribution is -2.08. The summed E-state index contributed by atoms with van der Waals surface area (Å²) in [5, 5.41) is 3.70. The largest absolute Gasteiger partial charge is 0.378 e. The van der Waals surface area contributed by atoms with Crippen molar-refractivity contribution in [2.45, 2.75) is 0 Å². The standard InChI is InChI=1S/C13H14ClN3/c1-17(2)11-6-3-5-10(9-11)15-13-8-4-7-12(14)16-13/h3-9H,1-2H3,(H,15,16). The van der Waals surface area contributed by atoms with E-state index in [1.165, 1.54) is 0 Å². The average Bonchev–Trinajstić information content (AvgIpc) is 2.29. The van der Waals surface area contributed by atoms with Crippen LogP contribution in [0.4, 0.5) is 17.2 Å². The third-order valence-corrected chi connectivity index (χ3v) is 2.56. The fourth-order valence-corrected chi connectivity index (χ4v) is 1.65. The summed E-state index contributed by atoms with van der Waals surface area (Å²) in [6.07, 6.45) is 0. The van der Waals surface area contributed by atoms with Crippen LogP contribution in [-0.2, 0) is 0 Å². The number of aromatic nitrogens is 1. The first-order valence-electron chi connectivity index (χ1n) is 5.32. The second-order valence-electron chi connectivity index (χ2n) is 3.92. The van der Waals surface area contributed by atoms with E-state index in [4.69, 9.17) is 11.6 Å². The predicted molar refractivity (Wildman–Crippen MR) is 73.3 cm³/mol. The van der Waals surface area contributed by atoms with E-state index >= 15 is 0 Å². The molecule has 0 bridgehead atoms. The van der Waals surface area contributed by atoms with Gasteiger partial charge in [0.15, 0.2) is 0 Å². The molecule has 0 saturated carbocycles. The Labute approximate surface area is 106 Å². The van der Waals surface area contributed by atoms with Gasteiger partial charge < -0.3 is 10.2 Å². The molecule has 17 heavy (non-hydrogen) atoms. The molecule has 2 aromatic rings. The van der Waals surface area contributed by atoms with Crippen molar-refractivity contribution in [1.29, 1.82) is 0 Å². The van der Waals surface area contributed by atoms with Gasteiger partial charge in [-0.2, -0.15) is 0 Å². The van der Waals surface area contributed by atoms with Crippen molar-refractivity contribution >= 4 is 28.8 Å². The normalized spacial score (nSPS) is 10.1. The third kappa shape index (κ3) is 3.11. The molecular weight excluding hydrogens is 234 g/mol. The Kier molecular flexibility index (Phi) is 3.49. The Morgan fingerprint density at radius 2 is 1.88 bits per heavy atom. The third-order valence-electron chi connectivity index (χ3n) is 2.35. The SMILES string of the molecule is CN(C)c1cccc(Nc2cccc(Cl)n2)c1. The maximum Gasteiger partial charge on any atom is 0.132 e. The molecule has 0 radical (unpaired) electrons. The zero-order chi connectivity index (χ0) is 12.3. The minimum absolute atomic E-state index is 0.485. The maximum absolute atomic E-state index is 5.83. The van der Waals surface area contributed by atoms with Gasteiger partial charge in [0.05, 0.1) is 0 Å². The first kappa shape index (κ1) is 11.7. The molecular formula is C13H14ClN3. The first-order valence-corrected chi connectivity index (χ1v) is 5.70. The van der Waals surface area contributed by atoms with Crippen LogP contribution in [0.1, 0.15) is 0 Å². The van der Waals surface area contributed by atoms with Crippen molar-refractivity contribution in [1.82, 2.24) is 4.98 Å². The van der Waals surface area contributed by atoms with Crippen molar-refractivity contribution in [3.05, 3.63) is 47.6 Å². The summed E-state index contributed by atoms with van der Waals surface area (Å²) in [4.78, 5) is 6.24. The minimum Gasteiger partial charge on any atom is -0.378 e. The van der Waals surface area contributed by atoms with Gasteiger partial charge in [0.1, 0.15) is 11.0 Å². The van der Waals surface area contributed by atoms with Crippen LogP contribution in [0.25, 0.3) is 0 Å². The van der Waals surface area contributed by atoms with Crippen LogP contribution in [0.15, 0.2) is 42.5 Å². The van der Waals surface area contributed by atoms with Crippen LogP contribution in [0.3, 0.4) is 0 Å². The monoisotopic (exact) mass is 247 g/mol. The zero-order valence-corrected chi connectivity index (χ0v) is 10.6. The number of anilines is 3. The van der Waals surface area contributed by atoms with Gasteiger partial charge >= 0.3 is 0 Å². The van der Waals surface area contributed by atoms with E-state index in [0.29, 0.717) is 5.15 Å². The molecule has 1 aromatic heterocycles. The van der Waals surface area contributed by atoms with E-state index in [0.717, 1.165) is 17.2 Å². The Balaban J connectivity index is 2.21. The molecule has 3 nitrogen and oxygen atoms in total. The molecule has 0 aliphatic carbocycles. The highest BCUT2D eigenvalue weighted by molar-refractivity contribution is 6.29. The molecule has 0 aliphatic rings. The van der Waals surface area contributed by atoms with Crippen LogP contribution < -0.4 is 10.2 Å². The van der Waals surface area contributed by atoms with E-state index in [1.807, 2.05) is 38.4 Å². The first-order chi connectivity index (χ1) is 8.15. The molecule has 1 heterocycles. The van der Waals surface area contributed by atoms with Crippen molar-refractivity contribution in [2.75, 3.05) is 24.3 Å². The Bertz CT molecular complexity index is 512. The van der Waals surface area contributed by atoms with Gasteiger partial charge in [-0.3, -0.25) is 0 Å². The van der Waals surface area contributed by atoms with Crippen LogP contribution >= 0.6 is 11.6 Å². The molecule has 2 rings (SSSR count). The number of halogens is 1. The van der Waals surface area contributed by atoms with E-state index in [2.05, 4.69) is 27.3 Å². The number of nitrogens with zero attached hydrogens (tertiary/aromatic N) is 2. The van der Waals surface area contributed by atoms with Gasteiger partial charge in [-0.05, 0) is 30.3 Å². The lowest BCUT2D eigenvalue weighted by atomic mass is 10.2. The highest BCUT2D eigenvalue weighted by Crippen LogP contribution is 2.21. The lowest BCUT2D eigenvalue weighted by molar-refractivity contribution is 1.13. The van der Waals surface area contributed by atoms with Crippen molar-refractivity contribution < 1.29 is 0 Å². The van der Waals surface area contributed by atoms with Gasteiger partial charge in [0.25, 0.3) is 0 Å². The highest BCUT2D eigenvalue weighted by atomic mass is 35.5. The fourth-order valence-electron chi connectivity index (χ4n) is 1.49. The second-order valence-corrected chi connectivity index (χ2v) is 4.30. The molecule has 0 amide bonds. The number of benzene rings is 1. The maximum atomic E-state index is 5.83. The summed E-state index contributed by atoms with van der Waals surface area (Å²) in [6.45, 7) is 0.